The van der Waals surface area contributed by atoms with Gasteiger partial charge >= 0.3 is 0 Å². The van der Waals surface area contributed by atoms with Gasteiger partial charge in [-0.15, -0.1) is 0 Å². The number of likely N-dealkylation sites (tertiary alicyclic amines) is 1. The van der Waals surface area contributed by atoms with E-state index in [0.29, 0.717) is 37.2 Å². The number of primary amides is 1. The van der Waals surface area contributed by atoms with Crippen LogP contribution in [0.15, 0.2) is 48.5 Å². The maximum Gasteiger partial charge on any atom is 0.269 e. The van der Waals surface area contributed by atoms with Crippen molar-refractivity contribution in [2.45, 2.75) is 19.3 Å². The number of nitro benzene ring substituents is 1. The number of carbonyl (C=O) groups is 2. The highest BCUT2D eigenvalue weighted by Crippen LogP contribution is 2.27. The first-order valence-corrected chi connectivity index (χ1v) is 9.45. The Balaban J connectivity index is 1.71. The van der Waals surface area contributed by atoms with Crippen LogP contribution in [0.25, 0.3) is 0 Å². The topological polar surface area (TPSA) is 116 Å². The fraction of sp³-hybridized carbons (Fsp3) is 0.333. The zero-order chi connectivity index (χ0) is 20.8. The SMILES string of the molecule is NC(=O)[C@@H]1CCCN(C(=O)COc2ccc([N+](=O)[O-])cc2Cc2ccccc2)C1. The van der Waals surface area contributed by atoms with Gasteiger partial charge in [-0.25, -0.2) is 0 Å². The Bertz CT molecular complexity index is 900. The van der Waals surface area contributed by atoms with Crippen molar-refractivity contribution in [2.75, 3.05) is 19.7 Å². The lowest BCUT2D eigenvalue weighted by Gasteiger charge is -2.31. The van der Waals surface area contributed by atoms with Crippen LogP contribution in [-0.4, -0.2) is 41.3 Å². The molecule has 0 unspecified atom stereocenters. The molecule has 0 aromatic heterocycles. The number of nitro groups is 1. The van der Waals surface area contributed by atoms with Crippen LogP contribution in [0.3, 0.4) is 0 Å². The van der Waals surface area contributed by atoms with E-state index in [1.807, 2.05) is 30.3 Å². The van der Waals surface area contributed by atoms with E-state index in [2.05, 4.69) is 0 Å². The van der Waals surface area contributed by atoms with Crippen LogP contribution in [0.1, 0.15) is 24.0 Å². The van der Waals surface area contributed by atoms with Gasteiger partial charge in [0.15, 0.2) is 6.61 Å². The summed E-state index contributed by atoms with van der Waals surface area (Å²) >= 11 is 0. The fourth-order valence-electron chi connectivity index (χ4n) is 3.44. The van der Waals surface area contributed by atoms with Gasteiger partial charge in [0.05, 0.1) is 10.8 Å². The van der Waals surface area contributed by atoms with Crippen molar-refractivity contribution in [3.8, 4) is 5.75 Å². The minimum absolute atomic E-state index is 0.0325. The number of rotatable bonds is 7. The average molecular weight is 397 g/mol. The first kappa shape index (κ1) is 20.3. The summed E-state index contributed by atoms with van der Waals surface area (Å²) in [5.74, 6) is -0.541. The average Bonchev–Trinajstić information content (AvgIpc) is 2.73. The van der Waals surface area contributed by atoms with Gasteiger partial charge in [0.1, 0.15) is 5.75 Å². The maximum atomic E-state index is 12.5. The van der Waals surface area contributed by atoms with E-state index < -0.39 is 10.8 Å². The number of carbonyl (C=O) groups excluding carboxylic acids is 2. The molecule has 8 nitrogen and oxygen atoms in total. The molecule has 1 fully saturated rings. The van der Waals surface area contributed by atoms with Crippen LogP contribution < -0.4 is 10.5 Å². The molecule has 0 bridgehead atoms. The third-order valence-corrected chi connectivity index (χ3v) is 5.02. The van der Waals surface area contributed by atoms with E-state index >= 15 is 0 Å². The van der Waals surface area contributed by atoms with Crippen LogP contribution >= 0.6 is 0 Å². The lowest BCUT2D eigenvalue weighted by molar-refractivity contribution is -0.384. The fourth-order valence-corrected chi connectivity index (χ4v) is 3.44. The molecule has 8 heteroatoms. The summed E-state index contributed by atoms with van der Waals surface area (Å²) in [6.45, 7) is 0.656. The highest BCUT2D eigenvalue weighted by atomic mass is 16.6. The second-order valence-corrected chi connectivity index (χ2v) is 7.08. The molecule has 2 aromatic carbocycles. The van der Waals surface area contributed by atoms with Crippen LogP contribution in [0.5, 0.6) is 5.75 Å². The zero-order valence-electron chi connectivity index (χ0n) is 16.0. The molecule has 1 aliphatic rings. The Labute approximate surface area is 168 Å². The molecular formula is C21H23N3O5. The van der Waals surface area contributed by atoms with Crippen molar-refractivity contribution < 1.29 is 19.2 Å². The Kier molecular flexibility index (Phi) is 6.43. The Hall–Kier alpha value is -3.42. The molecule has 0 saturated carbocycles. The number of hydrogen-bond acceptors (Lipinski definition) is 5. The maximum absolute atomic E-state index is 12.5. The van der Waals surface area contributed by atoms with E-state index in [1.54, 1.807) is 4.90 Å². The van der Waals surface area contributed by atoms with Crippen molar-refractivity contribution >= 4 is 17.5 Å². The lowest BCUT2D eigenvalue weighted by Crippen LogP contribution is -2.45. The normalized spacial score (nSPS) is 16.3. The first-order chi connectivity index (χ1) is 13.9. The second kappa shape index (κ2) is 9.18. The molecule has 2 N–H and O–H groups in total. The smallest absolute Gasteiger partial charge is 0.269 e. The summed E-state index contributed by atoms with van der Waals surface area (Å²) in [6, 6.07) is 13.9. The van der Waals surface area contributed by atoms with Crippen LogP contribution in [0.4, 0.5) is 5.69 Å². The molecule has 1 heterocycles. The van der Waals surface area contributed by atoms with Crippen LogP contribution in [-0.2, 0) is 16.0 Å². The summed E-state index contributed by atoms with van der Waals surface area (Å²) in [5, 5.41) is 11.1. The molecule has 2 aromatic rings. The predicted molar refractivity (Wildman–Crippen MR) is 106 cm³/mol. The first-order valence-electron chi connectivity index (χ1n) is 9.45. The standard InChI is InChI=1S/C21H23N3O5/c22-21(26)16-7-4-10-23(13-16)20(25)14-29-19-9-8-18(24(27)28)12-17(19)11-15-5-2-1-3-6-15/h1-3,5-6,8-9,12,16H,4,7,10-11,13-14H2,(H2,22,26)/t16-/m1/s1. The van der Waals surface area contributed by atoms with Gasteiger partial charge in [-0.1, -0.05) is 30.3 Å². The molecule has 1 atom stereocenters. The number of benzene rings is 2. The molecule has 1 aliphatic heterocycles. The molecule has 2 amide bonds. The van der Waals surface area contributed by atoms with E-state index in [4.69, 9.17) is 10.5 Å². The molecule has 3 rings (SSSR count). The summed E-state index contributed by atoms with van der Waals surface area (Å²) in [4.78, 5) is 36.2. The molecular weight excluding hydrogens is 374 g/mol. The minimum atomic E-state index is -0.457. The van der Waals surface area contributed by atoms with Crippen molar-refractivity contribution in [1.82, 2.24) is 4.90 Å². The van der Waals surface area contributed by atoms with Crippen molar-refractivity contribution in [3.05, 3.63) is 69.8 Å². The van der Waals surface area contributed by atoms with Gasteiger partial charge in [0.25, 0.3) is 11.6 Å². The van der Waals surface area contributed by atoms with Crippen LogP contribution in [0.2, 0.25) is 0 Å². The lowest BCUT2D eigenvalue weighted by atomic mass is 9.97. The number of nitrogens with zero attached hydrogens (tertiary/aromatic N) is 2. The van der Waals surface area contributed by atoms with Crippen molar-refractivity contribution in [2.24, 2.45) is 11.7 Å². The summed E-state index contributed by atoms with van der Waals surface area (Å²) < 4.78 is 5.72. The number of hydrogen-bond donors (Lipinski definition) is 1. The molecule has 0 aliphatic carbocycles. The molecule has 29 heavy (non-hydrogen) atoms. The summed E-state index contributed by atoms with van der Waals surface area (Å²) in [6.07, 6.45) is 1.85. The quantitative estimate of drug-likeness (QED) is 0.568. The molecule has 152 valence electrons. The van der Waals surface area contributed by atoms with Crippen LogP contribution in [0, 0.1) is 16.0 Å². The minimum Gasteiger partial charge on any atom is -0.483 e. The highest BCUT2D eigenvalue weighted by molar-refractivity contribution is 5.81. The van der Waals surface area contributed by atoms with E-state index in [1.165, 1.54) is 18.2 Å². The van der Waals surface area contributed by atoms with Crippen molar-refractivity contribution in [3.63, 3.8) is 0 Å². The summed E-state index contributed by atoms with van der Waals surface area (Å²) in [5.41, 5.74) is 6.94. The van der Waals surface area contributed by atoms with Gasteiger partial charge in [0, 0.05) is 37.2 Å². The Morgan fingerprint density at radius 3 is 2.66 bits per heavy atom. The van der Waals surface area contributed by atoms with E-state index in [0.717, 1.165) is 12.0 Å². The van der Waals surface area contributed by atoms with Gasteiger partial charge in [-0.2, -0.15) is 0 Å². The molecule has 1 saturated heterocycles. The monoisotopic (exact) mass is 397 g/mol. The highest BCUT2D eigenvalue weighted by Gasteiger charge is 2.27. The number of amides is 2. The predicted octanol–water partition coefficient (Wildman–Crippen LogP) is 2.29. The third kappa shape index (κ3) is 5.31. The Morgan fingerprint density at radius 1 is 1.21 bits per heavy atom. The molecule has 0 spiro atoms. The third-order valence-electron chi connectivity index (χ3n) is 5.02. The largest absolute Gasteiger partial charge is 0.483 e. The number of ether oxygens (including phenoxy) is 1. The molecule has 0 radical (unpaired) electrons. The van der Waals surface area contributed by atoms with Gasteiger partial charge in [0.2, 0.25) is 5.91 Å². The second-order valence-electron chi connectivity index (χ2n) is 7.08. The van der Waals surface area contributed by atoms with E-state index in [9.17, 15) is 19.7 Å². The van der Waals surface area contributed by atoms with Crippen molar-refractivity contribution in [1.29, 1.82) is 0 Å². The number of non-ortho nitro benzene ring substituents is 1. The Morgan fingerprint density at radius 2 is 1.97 bits per heavy atom. The summed E-state index contributed by atoms with van der Waals surface area (Å²) in [7, 11) is 0. The van der Waals surface area contributed by atoms with Gasteiger partial charge in [-0.3, -0.25) is 19.7 Å². The van der Waals surface area contributed by atoms with Gasteiger partial charge in [-0.05, 0) is 24.5 Å². The van der Waals surface area contributed by atoms with Gasteiger partial charge < -0.3 is 15.4 Å². The number of piperidine rings is 1. The zero-order valence-corrected chi connectivity index (χ0v) is 16.0. The van der Waals surface area contributed by atoms with E-state index in [-0.39, 0.29) is 24.1 Å². The number of nitrogens with two attached hydrogens (primary N) is 1.